The Labute approximate surface area is 133 Å². The lowest BCUT2D eigenvalue weighted by molar-refractivity contribution is -0.179. The Balaban J connectivity index is 1.96. The fourth-order valence-electron chi connectivity index (χ4n) is 3.96. The third kappa shape index (κ3) is 2.13. The highest BCUT2D eigenvalue weighted by Crippen LogP contribution is 2.55. The zero-order valence-electron chi connectivity index (χ0n) is 14.3. The molecule has 0 unspecified atom stereocenters. The fourth-order valence-corrected chi connectivity index (χ4v) is 5.31. The molecule has 0 spiro atoms. The minimum Gasteiger partial charge on any atom is -0.458 e. The molecule has 3 aliphatic rings. The first-order chi connectivity index (χ1) is 9.96. The monoisotopic (exact) mass is 322 g/mol. The van der Waals surface area contributed by atoms with Crippen molar-refractivity contribution in [1.82, 2.24) is 0 Å². The lowest BCUT2D eigenvalue weighted by Crippen LogP contribution is -2.53. The SMILES string of the molecule is CC(C)(C)[Si](C)(C)O[C@@H]1C[C@]2(C)OC(=O)[C@H]3C=CC(=O)[C@@H]2[C@H]31. The van der Waals surface area contributed by atoms with Gasteiger partial charge < -0.3 is 9.16 Å². The van der Waals surface area contributed by atoms with Gasteiger partial charge in [-0.15, -0.1) is 0 Å². The number of rotatable bonds is 2. The van der Waals surface area contributed by atoms with Crippen molar-refractivity contribution in [3.63, 3.8) is 0 Å². The number of hydrogen-bond donors (Lipinski definition) is 0. The molecule has 0 aromatic heterocycles. The van der Waals surface area contributed by atoms with E-state index in [1.54, 1.807) is 12.2 Å². The highest BCUT2D eigenvalue weighted by Gasteiger charge is 2.65. The minimum atomic E-state index is -1.96. The maximum Gasteiger partial charge on any atom is 0.313 e. The van der Waals surface area contributed by atoms with E-state index in [2.05, 4.69) is 33.9 Å². The smallest absolute Gasteiger partial charge is 0.313 e. The van der Waals surface area contributed by atoms with Gasteiger partial charge in [-0.25, -0.2) is 0 Å². The number of ether oxygens (including phenoxy) is 1. The average molecular weight is 322 g/mol. The predicted molar refractivity (Wildman–Crippen MR) is 85.8 cm³/mol. The lowest BCUT2D eigenvalue weighted by Gasteiger charge is -2.43. The molecule has 0 aromatic rings. The summed E-state index contributed by atoms with van der Waals surface area (Å²) in [4.78, 5) is 24.6. The summed E-state index contributed by atoms with van der Waals surface area (Å²) in [7, 11) is -1.96. The first kappa shape index (κ1) is 15.9. The van der Waals surface area contributed by atoms with Crippen LogP contribution in [0.15, 0.2) is 12.2 Å². The van der Waals surface area contributed by atoms with Gasteiger partial charge >= 0.3 is 5.97 Å². The van der Waals surface area contributed by atoms with Crippen molar-refractivity contribution in [1.29, 1.82) is 0 Å². The Kier molecular flexibility index (Phi) is 3.29. The summed E-state index contributed by atoms with van der Waals surface area (Å²) in [6.45, 7) is 12.9. The quantitative estimate of drug-likeness (QED) is 0.579. The van der Waals surface area contributed by atoms with Gasteiger partial charge in [0.25, 0.3) is 0 Å². The van der Waals surface area contributed by atoms with E-state index in [-0.39, 0.29) is 40.6 Å². The van der Waals surface area contributed by atoms with Gasteiger partial charge in [0.15, 0.2) is 14.1 Å². The summed E-state index contributed by atoms with van der Waals surface area (Å²) in [5.74, 6) is -0.743. The number of allylic oxidation sites excluding steroid dienone is 1. The largest absolute Gasteiger partial charge is 0.458 e. The summed E-state index contributed by atoms with van der Waals surface area (Å²) >= 11 is 0. The van der Waals surface area contributed by atoms with Gasteiger partial charge in [0.2, 0.25) is 0 Å². The van der Waals surface area contributed by atoms with Crippen molar-refractivity contribution in [2.45, 2.75) is 64.0 Å². The van der Waals surface area contributed by atoms with Crippen LogP contribution in [-0.4, -0.2) is 31.8 Å². The topological polar surface area (TPSA) is 52.6 Å². The summed E-state index contributed by atoms with van der Waals surface area (Å²) < 4.78 is 12.3. The Bertz CT molecular complexity index is 559. The molecule has 4 nitrogen and oxygen atoms in total. The summed E-state index contributed by atoms with van der Waals surface area (Å²) in [5.41, 5.74) is -0.701. The van der Waals surface area contributed by atoms with Crippen molar-refractivity contribution in [2.24, 2.45) is 17.8 Å². The third-order valence-corrected chi connectivity index (χ3v) is 10.6. The first-order valence-electron chi connectivity index (χ1n) is 8.09. The van der Waals surface area contributed by atoms with Crippen LogP contribution >= 0.6 is 0 Å². The molecule has 5 atom stereocenters. The molecule has 1 saturated heterocycles. The van der Waals surface area contributed by atoms with E-state index in [1.165, 1.54) is 0 Å². The summed E-state index contributed by atoms with van der Waals surface area (Å²) in [5, 5.41) is 0.102. The zero-order chi connectivity index (χ0) is 16.5. The molecule has 1 aliphatic heterocycles. The van der Waals surface area contributed by atoms with E-state index < -0.39 is 13.9 Å². The van der Waals surface area contributed by atoms with Crippen LogP contribution in [0.4, 0.5) is 0 Å². The predicted octanol–water partition coefficient (Wildman–Crippen LogP) is 3.08. The van der Waals surface area contributed by atoms with E-state index in [9.17, 15) is 9.59 Å². The Morgan fingerprint density at radius 3 is 2.55 bits per heavy atom. The van der Waals surface area contributed by atoms with Crippen LogP contribution in [0.25, 0.3) is 0 Å². The molecular formula is C17H26O4Si. The van der Waals surface area contributed by atoms with Crippen molar-refractivity contribution in [2.75, 3.05) is 0 Å². The van der Waals surface area contributed by atoms with Crippen LogP contribution in [0.1, 0.15) is 34.1 Å². The van der Waals surface area contributed by atoms with Gasteiger partial charge in [-0.2, -0.15) is 0 Å². The second-order valence-corrected chi connectivity index (χ2v) is 13.5. The van der Waals surface area contributed by atoms with Crippen LogP contribution < -0.4 is 0 Å². The van der Waals surface area contributed by atoms with E-state index in [1.807, 2.05) is 6.92 Å². The summed E-state index contributed by atoms with van der Waals surface area (Å²) in [6.07, 6.45) is 3.85. The maximum atomic E-state index is 12.4. The van der Waals surface area contributed by atoms with Gasteiger partial charge in [-0.05, 0) is 31.1 Å². The molecule has 1 heterocycles. The molecule has 2 fully saturated rings. The van der Waals surface area contributed by atoms with Crippen molar-refractivity contribution in [3.05, 3.63) is 12.2 Å². The highest BCUT2D eigenvalue weighted by molar-refractivity contribution is 6.74. The standard InChI is InChI=1S/C17H26O4Si/c1-16(2,3)22(5,6)21-12-9-17(4)14-11(18)8-7-10(13(12)14)15(19)20-17/h7-8,10,12-14H,9H2,1-6H3/t10-,12+,13+,14+,17-/m0/s1. The maximum absolute atomic E-state index is 12.4. The van der Waals surface area contributed by atoms with E-state index >= 15 is 0 Å². The van der Waals surface area contributed by atoms with E-state index in [0.29, 0.717) is 6.42 Å². The normalized spacial score (nSPS) is 40.8. The van der Waals surface area contributed by atoms with E-state index in [0.717, 1.165) is 0 Å². The van der Waals surface area contributed by atoms with Crippen molar-refractivity contribution in [3.8, 4) is 0 Å². The molecule has 22 heavy (non-hydrogen) atoms. The Morgan fingerprint density at radius 2 is 1.95 bits per heavy atom. The van der Waals surface area contributed by atoms with Gasteiger partial charge in [-0.1, -0.05) is 26.8 Å². The second-order valence-electron chi connectivity index (χ2n) is 8.70. The Hall–Kier alpha value is -0.943. The van der Waals surface area contributed by atoms with Gasteiger partial charge in [0.05, 0.1) is 17.9 Å². The summed E-state index contributed by atoms with van der Waals surface area (Å²) in [6, 6.07) is 0. The molecule has 2 aliphatic carbocycles. The van der Waals surface area contributed by atoms with E-state index in [4.69, 9.17) is 9.16 Å². The molecule has 5 heteroatoms. The van der Waals surface area contributed by atoms with Crippen molar-refractivity contribution >= 4 is 20.1 Å². The molecule has 0 radical (unpaired) electrons. The van der Waals surface area contributed by atoms with Crippen LogP contribution in [-0.2, 0) is 18.8 Å². The van der Waals surface area contributed by atoms with Crippen LogP contribution in [0.5, 0.6) is 0 Å². The number of esters is 1. The van der Waals surface area contributed by atoms with Crippen LogP contribution in [0.3, 0.4) is 0 Å². The Morgan fingerprint density at radius 1 is 1.32 bits per heavy atom. The number of carbonyl (C=O) groups is 2. The zero-order valence-corrected chi connectivity index (χ0v) is 15.3. The molecule has 3 rings (SSSR count). The van der Waals surface area contributed by atoms with Gasteiger partial charge in [-0.3, -0.25) is 9.59 Å². The number of carbonyl (C=O) groups excluding carboxylic acids is 2. The lowest BCUT2D eigenvalue weighted by atomic mass is 9.71. The average Bonchev–Trinajstić information content (AvgIpc) is 2.55. The van der Waals surface area contributed by atoms with Gasteiger partial charge in [0, 0.05) is 12.3 Å². The molecule has 4 bridgehead atoms. The van der Waals surface area contributed by atoms with Crippen LogP contribution in [0, 0.1) is 17.8 Å². The van der Waals surface area contributed by atoms with Crippen molar-refractivity contribution < 1.29 is 18.8 Å². The van der Waals surface area contributed by atoms with Crippen LogP contribution in [0.2, 0.25) is 18.1 Å². The molecule has 122 valence electrons. The molecule has 0 amide bonds. The second kappa shape index (κ2) is 4.54. The number of ketones is 1. The molecular weight excluding hydrogens is 296 g/mol. The number of hydrogen-bond acceptors (Lipinski definition) is 4. The first-order valence-corrected chi connectivity index (χ1v) is 11.0. The molecule has 0 N–H and O–H groups in total. The molecule has 1 saturated carbocycles. The third-order valence-electron chi connectivity index (χ3n) is 6.13. The highest BCUT2D eigenvalue weighted by atomic mass is 28.4. The minimum absolute atomic E-state index is 0.0575. The molecule has 0 aromatic carbocycles. The fraction of sp³-hybridized carbons (Fsp3) is 0.765. The van der Waals surface area contributed by atoms with Gasteiger partial charge in [0.1, 0.15) is 5.60 Å².